The van der Waals surface area contributed by atoms with Crippen LogP contribution in [0.3, 0.4) is 0 Å². The Morgan fingerprint density at radius 2 is 1.97 bits per heavy atom. The van der Waals surface area contributed by atoms with Crippen molar-refractivity contribution in [3.63, 3.8) is 0 Å². The molecule has 2 N–H and O–H groups in total. The zero-order chi connectivity index (χ0) is 27.4. The first-order valence-electron chi connectivity index (χ1n) is 11.7. The number of hydrogen-bond donors (Lipinski definition) is 1. The predicted molar refractivity (Wildman–Crippen MR) is 148 cm³/mol. The largest absolute Gasteiger partial charge is 0.617 e. The van der Waals surface area contributed by atoms with Crippen LogP contribution in [0.5, 0.6) is 5.75 Å². The molecule has 2 unspecified atom stereocenters. The van der Waals surface area contributed by atoms with Gasteiger partial charge in [-0.15, -0.1) is 0 Å². The second kappa shape index (κ2) is 11.8. The van der Waals surface area contributed by atoms with Gasteiger partial charge < -0.3 is 24.3 Å². The van der Waals surface area contributed by atoms with Gasteiger partial charge in [0.1, 0.15) is 23.0 Å². The van der Waals surface area contributed by atoms with E-state index in [4.69, 9.17) is 22.2 Å². The second-order valence-corrected chi connectivity index (χ2v) is 10.7. The number of pyridine rings is 1. The maximum atomic E-state index is 13.8. The number of hydrazone groups is 1. The van der Waals surface area contributed by atoms with Crippen LogP contribution in [0.25, 0.3) is 5.69 Å². The summed E-state index contributed by atoms with van der Waals surface area (Å²) in [5, 5.41) is 4.22. The molecule has 2 heterocycles. The van der Waals surface area contributed by atoms with Gasteiger partial charge in [-0.25, -0.2) is 9.37 Å². The van der Waals surface area contributed by atoms with Gasteiger partial charge in [-0.3, -0.25) is 4.79 Å². The van der Waals surface area contributed by atoms with E-state index in [9.17, 15) is 13.7 Å². The highest BCUT2D eigenvalue weighted by Gasteiger charge is 2.23. The Kier molecular flexibility index (Phi) is 8.55. The molecule has 0 saturated heterocycles. The summed E-state index contributed by atoms with van der Waals surface area (Å²) in [5.74, 6) is 6.27. The SMILES string of the molecule is COc1cc(/C(=N\N)c2cc(Cl)cn(C(CC[S+](C)[O-])c3ccc(F)cc3)c2=O)ccc1-n1cnc(C)c1. The van der Waals surface area contributed by atoms with Crippen LogP contribution in [0, 0.1) is 12.7 Å². The summed E-state index contributed by atoms with van der Waals surface area (Å²) in [5.41, 5.74) is 2.82. The molecule has 0 aliphatic heterocycles. The number of methoxy groups -OCH3 is 1. The molecule has 38 heavy (non-hydrogen) atoms. The Morgan fingerprint density at radius 1 is 1.24 bits per heavy atom. The summed E-state index contributed by atoms with van der Waals surface area (Å²) in [6.45, 7) is 1.89. The van der Waals surface area contributed by atoms with Crippen LogP contribution in [0.15, 0.2) is 77.1 Å². The quantitative estimate of drug-likeness (QED) is 0.144. The van der Waals surface area contributed by atoms with E-state index < -0.39 is 28.6 Å². The van der Waals surface area contributed by atoms with Gasteiger partial charge in [0.15, 0.2) is 0 Å². The highest BCUT2D eigenvalue weighted by atomic mass is 35.5. The number of halogens is 2. The lowest BCUT2D eigenvalue weighted by molar-refractivity contribution is 0.413. The van der Waals surface area contributed by atoms with Crippen LogP contribution in [0.2, 0.25) is 5.02 Å². The second-order valence-electron chi connectivity index (χ2n) is 8.70. The monoisotopic (exact) mass is 555 g/mol. The molecule has 4 rings (SSSR count). The molecule has 0 radical (unpaired) electrons. The number of nitrogens with two attached hydrogens (primary N) is 1. The van der Waals surface area contributed by atoms with Crippen molar-refractivity contribution in [2.24, 2.45) is 10.9 Å². The third-order valence-electron chi connectivity index (χ3n) is 6.11. The van der Waals surface area contributed by atoms with E-state index in [-0.39, 0.29) is 16.3 Å². The number of ether oxygens (including phenoxy) is 1. The lowest BCUT2D eigenvalue weighted by Gasteiger charge is -2.22. The normalized spacial score (nSPS) is 13.4. The number of hydrogen-bond acceptors (Lipinski definition) is 6. The summed E-state index contributed by atoms with van der Waals surface area (Å²) < 4.78 is 34.4. The van der Waals surface area contributed by atoms with Crippen molar-refractivity contribution >= 4 is 28.5 Å². The first-order valence-corrected chi connectivity index (χ1v) is 13.8. The van der Waals surface area contributed by atoms with E-state index in [1.807, 2.05) is 23.8 Å². The van der Waals surface area contributed by atoms with Gasteiger partial charge in [-0.2, -0.15) is 5.10 Å². The zero-order valence-electron chi connectivity index (χ0n) is 21.1. The molecular weight excluding hydrogens is 529 g/mol. The zero-order valence-corrected chi connectivity index (χ0v) is 22.7. The predicted octanol–water partition coefficient (Wildman–Crippen LogP) is 4.21. The molecule has 0 saturated carbocycles. The standard InChI is InChI=1S/C27H27ClFN5O3S/c1-17-14-33(16-31-17)24-9-6-19(12-25(24)37-2)26(32-30)22-13-20(28)15-34(27(22)35)23(10-11-38(3)36)18-4-7-21(29)8-5-18/h4-9,12-16,23H,10-11,30H2,1-3H3/b32-26+. The Morgan fingerprint density at radius 3 is 2.58 bits per heavy atom. The van der Waals surface area contributed by atoms with E-state index >= 15 is 0 Å². The first kappa shape index (κ1) is 27.4. The van der Waals surface area contributed by atoms with Crippen LogP contribution in [0.4, 0.5) is 4.39 Å². The number of benzene rings is 2. The number of aromatic nitrogens is 3. The summed E-state index contributed by atoms with van der Waals surface area (Å²) in [6, 6.07) is 12.2. The molecule has 2 atom stereocenters. The molecule has 0 aliphatic carbocycles. The number of rotatable bonds is 9. The van der Waals surface area contributed by atoms with Crippen molar-refractivity contribution in [2.45, 2.75) is 19.4 Å². The fourth-order valence-corrected chi connectivity index (χ4v) is 5.06. The highest BCUT2D eigenvalue weighted by molar-refractivity contribution is 7.90. The fourth-order valence-electron chi connectivity index (χ4n) is 4.29. The molecule has 198 valence electrons. The van der Waals surface area contributed by atoms with Crippen LogP contribution < -0.4 is 16.1 Å². The minimum Gasteiger partial charge on any atom is -0.617 e. The van der Waals surface area contributed by atoms with Gasteiger partial charge in [0, 0.05) is 24.4 Å². The van der Waals surface area contributed by atoms with Crippen LogP contribution in [-0.2, 0) is 11.2 Å². The van der Waals surface area contributed by atoms with Crippen molar-refractivity contribution in [3.8, 4) is 11.4 Å². The average Bonchev–Trinajstić information content (AvgIpc) is 3.33. The molecule has 8 nitrogen and oxygen atoms in total. The highest BCUT2D eigenvalue weighted by Crippen LogP contribution is 2.27. The minimum atomic E-state index is -1.10. The maximum absolute atomic E-state index is 13.8. The molecule has 2 aromatic heterocycles. The Bertz CT molecular complexity index is 1520. The van der Waals surface area contributed by atoms with Gasteiger partial charge in [0.2, 0.25) is 0 Å². The summed E-state index contributed by atoms with van der Waals surface area (Å²) in [7, 11) is 1.54. The topological polar surface area (TPSA) is 110 Å². The molecule has 0 fully saturated rings. The first-order chi connectivity index (χ1) is 18.2. The Balaban J connectivity index is 1.81. The molecule has 11 heteroatoms. The number of imidazole rings is 1. The van der Waals surface area contributed by atoms with E-state index in [1.165, 1.54) is 29.0 Å². The van der Waals surface area contributed by atoms with Crippen LogP contribution >= 0.6 is 11.6 Å². The van der Waals surface area contributed by atoms with Gasteiger partial charge >= 0.3 is 0 Å². The summed E-state index contributed by atoms with van der Waals surface area (Å²) in [4.78, 5) is 18.1. The van der Waals surface area contributed by atoms with Gasteiger partial charge in [0.25, 0.3) is 5.56 Å². The number of nitrogens with zero attached hydrogens (tertiary/aromatic N) is 4. The third kappa shape index (κ3) is 5.93. The fraction of sp³-hybridized carbons (Fsp3) is 0.222. The van der Waals surface area contributed by atoms with Gasteiger partial charge in [0.05, 0.1) is 47.7 Å². The molecule has 0 aliphatic rings. The van der Waals surface area contributed by atoms with Crippen molar-refractivity contribution in [2.75, 3.05) is 19.1 Å². The number of aryl methyl sites for hydroxylation is 1. The summed E-state index contributed by atoms with van der Waals surface area (Å²) in [6.07, 6.45) is 7.02. The smallest absolute Gasteiger partial charge is 0.260 e. The average molecular weight is 556 g/mol. The maximum Gasteiger partial charge on any atom is 0.260 e. The van der Waals surface area contributed by atoms with Crippen LogP contribution in [-0.4, -0.2) is 43.5 Å². The minimum absolute atomic E-state index is 0.179. The lowest BCUT2D eigenvalue weighted by atomic mass is 10.0. The Hall–Kier alpha value is -3.60. The van der Waals surface area contributed by atoms with Crippen molar-refractivity contribution in [3.05, 3.63) is 111 Å². The Labute approximate surface area is 227 Å². The molecule has 0 amide bonds. The van der Waals surface area contributed by atoms with Crippen molar-refractivity contribution in [1.82, 2.24) is 14.1 Å². The molecular formula is C27H27ClFN5O3S. The molecule has 4 aromatic rings. The summed E-state index contributed by atoms with van der Waals surface area (Å²) >= 11 is 5.38. The third-order valence-corrected chi connectivity index (χ3v) is 7.12. The molecule has 2 aromatic carbocycles. The van der Waals surface area contributed by atoms with E-state index in [2.05, 4.69) is 10.1 Å². The molecule has 0 bridgehead atoms. The van der Waals surface area contributed by atoms with Crippen molar-refractivity contribution in [1.29, 1.82) is 0 Å². The van der Waals surface area contributed by atoms with E-state index in [1.54, 1.807) is 44.0 Å². The van der Waals surface area contributed by atoms with E-state index in [0.29, 0.717) is 29.1 Å². The van der Waals surface area contributed by atoms with Crippen LogP contribution in [0.1, 0.15) is 34.8 Å². The van der Waals surface area contributed by atoms with E-state index in [0.717, 1.165) is 11.4 Å². The lowest BCUT2D eigenvalue weighted by Crippen LogP contribution is -2.31. The van der Waals surface area contributed by atoms with Gasteiger partial charge in [-0.05, 0) is 42.8 Å². The van der Waals surface area contributed by atoms with Gasteiger partial charge in [-0.1, -0.05) is 41.0 Å². The molecule has 0 spiro atoms. The van der Waals surface area contributed by atoms with Crippen molar-refractivity contribution < 1.29 is 13.7 Å².